The molecule has 3 rings (SSSR count). The first-order chi connectivity index (χ1) is 10.2. The molecule has 0 amide bonds. The minimum absolute atomic E-state index is 0.262. The number of benzene rings is 1. The van der Waals surface area contributed by atoms with E-state index < -0.39 is 0 Å². The number of ketones is 1. The lowest BCUT2D eigenvalue weighted by Gasteiger charge is -2.39. The third-order valence-corrected chi connectivity index (χ3v) is 5.88. The van der Waals surface area contributed by atoms with Crippen molar-refractivity contribution in [2.75, 3.05) is 19.6 Å². The number of piperidine rings is 1. The van der Waals surface area contributed by atoms with E-state index in [0.29, 0.717) is 11.8 Å². The third-order valence-electron chi connectivity index (χ3n) is 5.38. The van der Waals surface area contributed by atoms with Crippen LogP contribution in [0.25, 0.3) is 0 Å². The smallest absolute Gasteiger partial charge is 0.164 e. The van der Waals surface area contributed by atoms with E-state index in [1.807, 2.05) is 24.3 Å². The zero-order chi connectivity index (χ0) is 14.7. The van der Waals surface area contributed by atoms with Crippen molar-refractivity contribution < 1.29 is 4.79 Å². The number of nitrogens with zero attached hydrogens (tertiary/aromatic N) is 1. The van der Waals surface area contributed by atoms with Crippen molar-refractivity contribution in [3.8, 4) is 0 Å². The Bertz CT molecular complexity index is 498. The van der Waals surface area contributed by atoms with Gasteiger partial charge in [0.2, 0.25) is 0 Å². The highest BCUT2D eigenvalue weighted by Crippen LogP contribution is 2.46. The number of carbonyl (C=O) groups is 1. The van der Waals surface area contributed by atoms with Crippen LogP contribution in [0.5, 0.6) is 0 Å². The minimum Gasteiger partial charge on any atom is -0.303 e. The largest absolute Gasteiger partial charge is 0.303 e. The lowest BCUT2D eigenvalue weighted by Crippen LogP contribution is -2.39. The molecule has 3 heteroatoms. The Morgan fingerprint density at radius 2 is 1.86 bits per heavy atom. The van der Waals surface area contributed by atoms with Crippen molar-refractivity contribution in [2.45, 2.75) is 44.9 Å². The summed E-state index contributed by atoms with van der Waals surface area (Å²) in [5.41, 5.74) is 1.50. The van der Waals surface area contributed by atoms with Crippen LogP contribution < -0.4 is 0 Å². The summed E-state index contributed by atoms with van der Waals surface area (Å²) in [7, 11) is 0. The Balaban J connectivity index is 1.47. The molecule has 114 valence electrons. The van der Waals surface area contributed by atoms with Gasteiger partial charge in [-0.05, 0) is 56.3 Å². The molecule has 1 aliphatic carbocycles. The standard InChI is InChI=1S/C18H24BrNO/c19-16-5-3-4-15(14-16)17(21)6-11-20-12-9-18(10-13-20)7-1-2-8-18/h3-5,14H,1-2,6-13H2. The van der Waals surface area contributed by atoms with Crippen molar-refractivity contribution in [1.29, 1.82) is 0 Å². The number of carbonyl (C=O) groups excluding carboxylic acids is 1. The minimum atomic E-state index is 0.262. The second-order valence-electron chi connectivity index (χ2n) is 6.73. The molecule has 0 aromatic heterocycles. The van der Waals surface area contributed by atoms with Gasteiger partial charge in [-0.3, -0.25) is 4.79 Å². The van der Waals surface area contributed by atoms with Crippen LogP contribution in [0, 0.1) is 5.41 Å². The molecule has 1 saturated carbocycles. The molecule has 0 bridgehead atoms. The average Bonchev–Trinajstić information content (AvgIpc) is 2.95. The fourth-order valence-electron chi connectivity index (χ4n) is 3.94. The molecule has 2 fully saturated rings. The Labute approximate surface area is 136 Å². The van der Waals surface area contributed by atoms with Gasteiger partial charge in [0.1, 0.15) is 0 Å². The lowest BCUT2D eigenvalue weighted by molar-refractivity contribution is 0.0888. The predicted octanol–water partition coefficient (Wildman–Crippen LogP) is 4.68. The molecule has 2 nitrogen and oxygen atoms in total. The van der Waals surface area contributed by atoms with E-state index >= 15 is 0 Å². The molecule has 1 aromatic carbocycles. The monoisotopic (exact) mass is 349 g/mol. The molecule has 0 atom stereocenters. The van der Waals surface area contributed by atoms with Gasteiger partial charge in [-0.1, -0.05) is 40.9 Å². The molecule has 1 spiro atoms. The van der Waals surface area contributed by atoms with Crippen LogP contribution in [0.3, 0.4) is 0 Å². The highest BCUT2D eigenvalue weighted by molar-refractivity contribution is 9.10. The third kappa shape index (κ3) is 3.75. The van der Waals surface area contributed by atoms with Gasteiger partial charge in [-0.25, -0.2) is 0 Å². The Kier molecular flexibility index (Phi) is 4.80. The van der Waals surface area contributed by atoms with Crippen LogP contribution in [-0.4, -0.2) is 30.3 Å². The maximum atomic E-state index is 12.2. The summed E-state index contributed by atoms with van der Waals surface area (Å²) in [5, 5.41) is 0. The second kappa shape index (κ2) is 6.62. The SMILES string of the molecule is O=C(CCN1CCC2(CCCC2)CC1)c1cccc(Br)c1. The topological polar surface area (TPSA) is 20.3 Å². The Morgan fingerprint density at radius 3 is 2.52 bits per heavy atom. The van der Waals surface area contributed by atoms with Crippen LogP contribution in [0.1, 0.15) is 55.3 Å². The van der Waals surface area contributed by atoms with Gasteiger partial charge in [0, 0.05) is 23.0 Å². The number of hydrogen-bond donors (Lipinski definition) is 0. The predicted molar refractivity (Wildman–Crippen MR) is 89.7 cm³/mol. The zero-order valence-corrected chi connectivity index (χ0v) is 14.2. The highest BCUT2D eigenvalue weighted by atomic mass is 79.9. The van der Waals surface area contributed by atoms with Gasteiger partial charge in [0.05, 0.1) is 0 Å². The van der Waals surface area contributed by atoms with Crippen molar-refractivity contribution in [3.05, 3.63) is 34.3 Å². The van der Waals surface area contributed by atoms with Gasteiger partial charge < -0.3 is 4.90 Å². The van der Waals surface area contributed by atoms with Crippen molar-refractivity contribution in [3.63, 3.8) is 0 Å². The number of hydrogen-bond acceptors (Lipinski definition) is 2. The first-order valence-electron chi connectivity index (χ1n) is 8.18. The summed E-state index contributed by atoms with van der Waals surface area (Å²) < 4.78 is 0.981. The molecule has 0 unspecified atom stereocenters. The van der Waals surface area contributed by atoms with E-state index in [-0.39, 0.29) is 5.78 Å². The molecule has 0 radical (unpaired) electrons. The van der Waals surface area contributed by atoms with E-state index in [4.69, 9.17) is 0 Å². The van der Waals surface area contributed by atoms with Gasteiger partial charge in [-0.2, -0.15) is 0 Å². The van der Waals surface area contributed by atoms with E-state index in [9.17, 15) is 4.79 Å². The first kappa shape index (κ1) is 15.2. The summed E-state index contributed by atoms with van der Waals surface area (Å²) in [6.45, 7) is 3.29. The maximum Gasteiger partial charge on any atom is 0.164 e. The molecular weight excluding hydrogens is 326 g/mol. The van der Waals surface area contributed by atoms with E-state index in [0.717, 1.165) is 16.6 Å². The van der Waals surface area contributed by atoms with Gasteiger partial charge in [0.25, 0.3) is 0 Å². The Morgan fingerprint density at radius 1 is 1.14 bits per heavy atom. The maximum absolute atomic E-state index is 12.2. The molecule has 1 saturated heterocycles. The van der Waals surface area contributed by atoms with Gasteiger partial charge in [-0.15, -0.1) is 0 Å². The first-order valence-corrected chi connectivity index (χ1v) is 8.97. The normalized spacial score (nSPS) is 21.8. The lowest BCUT2D eigenvalue weighted by atomic mass is 9.77. The number of rotatable bonds is 4. The fourth-order valence-corrected chi connectivity index (χ4v) is 4.34. The van der Waals surface area contributed by atoms with E-state index in [1.165, 1.54) is 51.6 Å². The highest BCUT2D eigenvalue weighted by Gasteiger charge is 2.36. The van der Waals surface area contributed by atoms with E-state index in [1.54, 1.807) is 0 Å². The molecule has 21 heavy (non-hydrogen) atoms. The summed E-state index contributed by atoms with van der Waals surface area (Å²) in [4.78, 5) is 14.7. The summed E-state index contributed by atoms with van der Waals surface area (Å²) >= 11 is 3.43. The summed E-state index contributed by atoms with van der Waals surface area (Å²) in [6.07, 6.45) is 9.08. The van der Waals surface area contributed by atoms with Crippen LogP contribution in [-0.2, 0) is 0 Å². The van der Waals surface area contributed by atoms with E-state index in [2.05, 4.69) is 20.8 Å². The molecular formula is C18H24BrNO. The number of likely N-dealkylation sites (tertiary alicyclic amines) is 1. The average molecular weight is 350 g/mol. The molecule has 1 heterocycles. The van der Waals surface area contributed by atoms with Crippen molar-refractivity contribution in [2.24, 2.45) is 5.41 Å². The molecule has 2 aliphatic rings. The van der Waals surface area contributed by atoms with Crippen LogP contribution in [0.15, 0.2) is 28.7 Å². The summed E-state index contributed by atoms with van der Waals surface area (Å²) in [6, 6.07) is 7.73. The molecule has 0 N–H and O–H groups in total. The quantitative estimate of drug-likeness (QED) is 0.735. The van der Waals surface area contributed by atoms with Crippen LogP contribution in [0.2, 0.25) is 0 Å². The van der Waals surface area contributed by atoms with Gasteiger partial charge in [0.15, 0.2) is 5.78 Å². The van der Waals surface area contributed by atoms with Gasteiger partial charge >= 0.3 is 0 Å². The number of halogens is 1. The fraction of sp³-hybridized carbons (Fsp3) is 0.611. The second-order valence-corrected chi connectivity index (χ2v) is 7.65. The van der Waals surface area contributed by atoms with Crippen molar-refractivity contribution in [1.82, 2.24) is 4.90 Å². The Hall–Kier alpha value is -0.670. The number of Topliss-reactive ketones (excluding diaryl/α,β-unsaturated/α-hetero) is 1. The zero-order valence-electron chi connectivity index (χ0n) is 12.6. The van der Waals surface area contributed by atoms with Crippen molar-refractivity contribution >= 4 is 21.7 Å². The molecule has 1 aliphatic heterocycles. The summed E-state index contributed by atoms with van der Waals surface area (Å²) in [5.74, 6) is 0.262. The van der Waals surface area contributed by atoms with Crippen LogP contribution >= 0.6 is 15.9 Å². The van der Waals surface area contributed by atoms with Crippen LogP contribution in [0.4, 0.5) is 0 Å². The molecule has 1 aromatic rings.